The fourth-order valence-corrected chi connectivity index (χ4v) is 0.954. The van der Waals surface area contributed by atoms with Crippen LogP contribution in [0.25, 0.3) is 5.73 Å². The van der Waals surface area contributed by atoms with Crippen LogP contribution in [0.2, 0.25) is 0 Å². The molecule has 0 fully saturated rings. The van der Waals surface area contributed by atoms with Crippen LogP contribution in [0, 0.1) is 48.2 Å². The molecule has 1 aromatic carbocycles. The molecule has 14 heavy (non-hydrogen) atoms. The molecule has 0 aliphatic carbocycles. The van der Waals surface area contributed by atoms with Crippen LogP contribution in [0.15, 0.2) is 24.3 Å². The molecule has 0 aliphatic rings. The van der Waals surface area contributed by atoms with Crippen LogP contribution < -0.4 is 5.32 Å². The van der Waals surface area contributed by atoms with Crippen molar-refractivity contribution in [3.05, 3.63) is 35.6 Å². The van der Waals surface area contributed by atoms with Gasteiger partial charge in [0.25, 0.3) is 0 Å². The van der Waals surface area contributed by atoms with E-state index in [1.54, 1.807) is 6.92 Å². The Hall–Kier alpha value is 0.0136. The normalized spacial score (nSPS) is 11.4. The van der Waals surface area contributed by atoms with Crippen molar-refractivity contribution in [3.63, 3.8) is 0 Å². The van der Waals surface area contributed by atoms with Crippen LogP contribution in [0.4, 0.5) is 5.69 Å². The molecule has 1 unspecified atom stereocenters. The Bertz CT molecular complexity index is 313. The molecule has 0 bridgehead atoms. The summed E-state index contributed by atoms with van der Waals surface area (Å²) in [6.07, 6.45) is 0. The van der Waals surface area contributed by atoms with Gasteiger partial charge in [-0.05, 0) is 18.6 Å². The van der Waals surface area contributed by atoms with E-state index in [0.717, 1.165) is 11.3 Å². The van der Waals surface area contributed by atoms with Gasteiger partial charge in [0.05, 0.1) is 0 Å². The summed E-state index contributed by atoms with van der Waals surface area (Å²) in [5, 5.41) is 2.68. The molecule has 4 heteroatoms. The van der Waals surface area contributed by atoms with E-state index in [-0.39, 0.29) is 47.2 Å². The van der Waals surface area contributed by atoms with Crippen molar-refractivity contribution < 1.29 is 46.1 Å². The number of rotatable bonds is 2. The summed E-state index contributed by atoms with van der Waals surface area (Å²) in [4.78, 5) is 11.2. The molecule has 2 N–H and O–H groups in total. The predicted molar refractivity (Wildman–Crippen MR) is 53.6 cm³/mol. The van der Waals surface area contributed by atoms with Crippen LogP contribution in [-0.2, 0) is 4.79 Å². The van der Waals surface area contributed by atoms with Gasteiger partial charge in [-0.3, -0.25) is 4.79 Å². The Morgan fingerprint density at radius 3 is 2.50 bits per heavy atom. The molecule has 0 heterocycles. The number of hydrogen-bond donors (Lipinski definition) is 1. The Morgan fingerprint density at radius 1 is 1.43 bits per heavy atom. The fraction of sp³-hybridized carbons (Fsp3) is 0.300. The number of carbonyl (C=O) groups excluding carboxylic acids is 1. The first-order chi connectivity index (χ1) is 6.11. The van der Waals surface area contributed by atoms with Gasteiger partial charge in [-0.15, -0.1) is 0 Å². The van der Waals surface area contributed by atoms with E-state index in [1.807, 2.05) is 31.2 Å². The van der Waals surface area contributed by atoms with Crippen LogP contribution in [-0.4, -0.2) is 11.9 Å². The molecule has 0 saturated heterocycles. The van der Waals surface area contributed by atoms with Gasteiger partial charge in [-0.25, -0.2) is 0 Å². The first-order valence-corrected chi connectivity index (χ1v) is 4.19. The van der Waals surface area contributed by atoms with E-state index in [1.165, 1.54) is 0 Å². The molecular formula is C10H13N2OPr-. The fourth-order valence-electron chi connectivity index (χ4n) is 0.954. The van der Waals surface area contributed by atoms with Gasteiger partial charge in [-0.2, -0.15) is 0 Å². The van der Waals surface area contributed by atoms with E-state index >= 15 is 0 Å². The molecule has 1 atom stereocenters. The van der Waals surface area contributed by atoms with Gasteiger partial charge in [0, 0.05) is 47.0 Å². The second-order valence-electron chi connectivity index (χ2n) is 3.03. The number of benzene rings is 1. The molecule has 3 nitrogen and oxygen atoms in total. The van der Waals surface area contributed by atoms with Crippen molar-refractivity contribution in [2.24, 2.45) is 0 Å². The van der Waals surface area contributed by atoms with Crippen molar-refractivity contribution in [2.45, 2.75) is 19.9 Å². The molecule has 1 rings (SSSR count). The minimum absolute atomic E-state index is 0. The third-order valence-electron chi connectivity index (χ3n) is 1.80. The van der Waals surface area contributed by atoms with Crippen molar-refractivity contribution in [1.29, 1.82) is 0 Å². The zero-order valence-corrected chi connectivity index (χ0v) is 12.1. The van der Waals surface area contributed by atoms with Gasteiger partial charge < -0.3 is 11.1 Å². The Morgan fingerprint density at radius 2 is 2.00 bits per heavy atom. The van der Waals surface area contributed by atoms with E-state index in [0.29, 0.717) is 0 Å². The summed E-state index contributed by atoms with van der Waals surface area (Å²) in [5.41, 5.74) is 8.99. The average Bonchev–Trinajstić information content (AvgIpc) is 2.08. The van der Waals surface area contributed by atoms with Gasteiger partial charge in [0.2, 0.25) is 5.91 Å². The summed E-state index contributed by atoms with van der Waals surface area (Å²) in [6.45, 7) is 3.47. The second-order valence-corrected chi connectivity index (χ2v) is 3.03. The monoisotopic (exact) mass is 318 g/mol. The van der Waals surface area contributed by atoms with Crippen molar-refractivity contribution in [3.8, 4) is 0 Å². The van der Waals surface area contributed by atoms with Crippen LogP contribution in [0.3, 0.4) is 0 Å². The standard InChI is InChI=1S/C10H13N2O.Pr/c1-7-5-3-4-6-9(7)12-10(13)8(2)11;/h3-6,8,11H,1-2H3,(H,12,13);/q-1;. The number of amides is 1. The summed E-state index contributed by atoms with van der Waals surface area (Å²) in [5.74, 6) is -0.269. The number of nitrogens with one attached hydrogen (secondary N) is 2. The third kappa shape index (κ3) is 4.03. The van der Waals surface area contributed by atoms with Crippen molar-refractivity contribution in [1.82, 2.24) is 0 Å². The number of anilines is 1. The summed E-state index contributed by atoms with van der Waals surface area (Å²) in [6, 6.07) is 6.80. The van der Waals surface area contributed by atoms with Crippen LogP contribution in [0.1, 0.15) is 12.5 Å². The van der Waals surface area contributed by atoms with E-state index in [4.69, 9.17) is 5.73 Å². The summed E-state index contributed by atoms with van der Waals surface area (Å²) >= 11 is 0. The molecule has 0 aliphatic heterocycles. The van der Waals surface area contributed by atoms with E-state index in [9.17, 15) is 4.79 Å². The molecule has 1 radical (unpaired) electrons. The first-order valence-electron chi connectivity index (χ1n) is 4.19. The van der Waals surface area contributed by atoms with E-state index in [2.05, 4.69) is 5.32 Å². The average molecular weight is 318 g/mol. The number of carbonyl (C=O) groups is 1. The van der Waals surface area contributed by atoms with Crippen molar-refractivity contribution in [2.75, 3.05) is 5.32 Å². The molecular weight excluding hydrogens is 305 g/mol. The maximum atomic E-state index is 11.2. The minimum atomic E-state index is -0.723. The number of aryl methyl sites for hydroxylation is 1. The summed E-state index contributed by atoms with van der Waals surface area (Å²) in [7, 11) is 0. The van der Waals surface area contributed by atoms with Gasteiger partial charge in [0.15, 0.2) is 0 Å². The topological polar surface area (TPSA) is 52.9 Å². The molecule has 73 valence electrons. The summed E-state index contributed by atoms with van der Waals surface area (Å²) < 4.78 is 0. The second kappa shape index (κ2) is 6.49. The Balaban J connectivity index is 0.00000169. The zero-order valence-electron chi connectivity index (χ0n) is 8.37. The molecule has 0 spiro atoms. The van der Waals surface area contributed by atoms with Gasteiger partial charge >= 0.3 is 0 Å². The molecule has 1 amide bonds. The Kier molecular flexibility index (Phi) is 6.49. The van der Waals surface area contributed by atoms with Gasteiger partial charge in [-0.1, -0.05) is 31.2 Å². The SMILES string of the molecule is Cc1ccccc1NC(=O)C(C)[NH-].[Pr]. The Labute approximate surface area is 117 Å². The quantitative estimate of drug-likeness (QED) is 0.894. The molecule has 1 aromatic rings. The minimum Gasteiger partial charge on any atom is -0.667 e. The van der Waals surface area contributed by atoms with Gasteiger partial charge in [0.1, 0.15) is 0 Å². The first kappa shape index (κ1) is 14.0. The van der Waals surface area contributed by atoms with Crippen molar-refractivity contribution >= 4 is 11.6 Å². The van der Waals surface area contributed by atoms with E-state index < -0.39 is 6.04 Å². The van der Waals surface area contributed by atoms with Crippen LogP contribution in [0.5, 0.6) is 0 Å². The maximum absolute atomic E-state index is 11.2. The zero-order chi connectivity index (χ0) is 9.84. The third-order valence-corrected chi connectivity index (χ3v) is 1.80. The predicted octanol–water partition coefficient (Wildman–Crippen LogP) is 2.37. The number of hydrogen-bond acceptors (Lipinski definition) is 1. The number of para-hydroxylation sites is 1. The molecule has 0 saturated carbocycles. The maximum Gasteiger partial charge on any atom is 0.206 e. The smallest absolute Gasteiger partial charge is 0.206 e. The molecule has 0 aromatic heterocycles. The van der Waals surface area contributed by atoms with Crippen LogP contribution >= 0.6 is 0 Å². The largest absolute Gasteiger partial charge is 0.667 e.